The van der Waals surface area contributed by atoms with Gasteiger partial charge in [0.25, 0.3) is 0 Å². The molecule has 0 atom stereocenters. The van der Waals surface area contributed by atoms with Gasteiger partial charge in [-0.1, -0.05) is 36.6 Å². The molecular weight excluding hydrogens is 276 g/mol. The van der Waals surface area contributed by atoms with E-state index >= 15 is 0 Å². The lowest BCUT2D eigenvalue weighted by atomic mass is 10.2. The highest BCUT2D eigenvalue weighted by Gasteiger charge is 2.08. The molecule has 0 unspecified atom stereocenters. The Labute approximate surface area is 123 Å². The summed E-state index contributed by atoms with van der Waals surface area (Å²) in [6, 6.07) is 5.98. The first-order valence-electron chi connectivity index (χ1n) is 6.61. The van der Waals surface area contributed by atoms with Crippen molar-refractivity contribution in [2.75, 3.05) is 11.9 Å². The number of nitrogens with one attached hydrogen (secondary N) is 2. The van der Waals surface area contributed by atoms with E-state index in [1.54, 1.807) is 0 Å². The van der Waals surface area contributed by atoms with E-state index in [1.807, 2.05) is 25.1 Å². The lowest BCUT2D eigenvalue weighted by molar-refractivity contribution is 0.460. The molecule has 0 aliphatic heterocycles. The highest BCUT2D eigenvalue weighted by Crippen LogP contribution is 2.23. The van der Waals surface area contributed by atoms with Crippen molar-refractivity contribution >= 4 is 23.3 Å². The minimum Gasteiger partial charge on any atom is -0.406 e. The van der Waals surface area contributed by atoms with E-state index in [0.29, 0.717) is 29.4 Å². The molecule has 0 fully saturated rings. The molecule has 20 heavy (non-hydrogen) atoms. The molecule has 0 aliphatic carbocycles. The largest absolute Gasteiger partial charge is 0.406 e. The van der Waals surface area contributed by atoms with Crippen molar-refractivity contribution in [3.8, 4) is 0 Å². The summed E-state index contributed by atoms with van der Waals surface area (Å²) >= 11 is 5.97. The van der Waals surface area contributed by atoms with Crippen LogP contribution in [0.1, 0.15) is 25.3 Å². The molecule has 108 valence electrons. The summed E-state index contributed by atoms with van der Waals surface area (Å²) in [4.78, 5) is 0. The van der Waals surface area contributed by atoms with Crippen LogP contribution in [0.3, 0.4) is 0 Å². The molecule has 2 N–H and O–H groups in total. The fourth-order valence-electron chi connectivity index (χ4n) is 1.69. The van der Waals surface area contributed by atoms with Crippen molar-refractivity contribution in [3.05, 3.63) is 34.7 Å². The molecule has 2 aromatic rings. The number of hydrogen-bond acceptors (Lipinski definition) is 5. The second kappa shape index (κ2) is 6.72. The van der Waals surface area contributed by atoms with Crippen molar-refractivity contribution < 1.29 is 4.42 Å². The number of halogens is 1. The fourth-order valence-corrected chi connectivity index (χ4v) is 1.86. The van der Waals surface area contributed by atoms with Crippen molar-refractivity contribution in [1.82, 2.24) is 15.5 Å². The second-order valence-corrected chi connectivity index (χ2v) is 5.55. The third-order valence-electron chi connectivity index (χ3n) is 2.74. The molecule has 1 aromatic heterocycles. The Bertz CT molecular complexity index is 568. The highest BCUT2D eigenvalue weighted by molar-refractivity contribution is 6.30. The van der Waals surface area contributed by atoms with Crippen LogP contribution in [-0.4, -0.2) is 16.7 Å². The number of aromatic nitrogens is 2. The van der Waals surface area contributed by atoms with Crippen LogP contribution in [0.2, 0.25) is 5.02 Å². The van der Waals surface area contributed by atoms with Crippen LogP contribution in [0.5, 0.6) is 0 Å². The monoisotopic (exact) mass is 294 g/mol. The predicted octanol–water partition coefficient (Wildman–Crippen LogP) is 3.52. The van der Waals surface area contributed by atoms with Crippen molar-refractivity contribution in [1.29, 1.82) is 0 Å². The summed E-state index contributed by atoms with van der Waals surface area (Å²) in [6.07, 6.45) is 0. The zero-order chi connectivity index (χ0) is 14.5. The maximum Gasteiger partial charge on any atom is 0.320 e. The van der Waals surface area contributed by atoms with E-state index < -0.39 is 0 Å². The number of nitrogens with zero attached hydrogens (tertiary/aromatic N) is 2. The van der Waals surface area contributed by atoms with Gasteiger partial charge in [-0.2, -0.15) is 0 Å². The average Bonchev–Trinajstić information content (AvgIpc) is 2.81. The lowest BCUT2D eigenvalue weighted by Gasteiger charge is -2.06. The van der Waals surface area contributed by atoms with Crippen LogP contribution in [0.25, 0.3) is 0 Å². The Kier molecular flexibility index (Phi) is 4.98. The minimum absolute atomic E-state index is 0.372. The highest BCUT2D eigenvalue weighted by atomic mass is 35.5. The van der Waals surface area contributed by atoms with E-state index in [9.17, 15) is 0 Å². The smallest absolute Gasteiger partial charge is 0.320 e. The van der Waals surface area contributed by atoms with E-state index in [1.165, 1.54) is 0 Å². The number of rotatable bonds is 6. The van der Waals surface area contributed by atoms with Gasteiger partial charge >= 0.3 is 6.01 Å². The molecule has 5 nitrogen and oxygen atoms in total. The Morgan fingerprint density at radius 3 is 2.85 bits per heavy atom. The first-order valence-corrected chi connectivity index (χ1v) is 6.98. The number of aryl methyl sites for hydroxylation is 1. The van der Waals surface area contributed by atoms with Crippen LogP contribution in [0, 0.1) is 12.8 Å². The second-order valence-electron chi connectivity index (χ2n) is 5.11. The van der Waals surface area contributed by atoms with Gasteiger partial charge in [0, 0.05) is 10.7 Å². The summed E-state index contributed by atoms with van der Waals surface area (Å²) in [5.74, 6) is 1.15. The van der Waals surface area contributed by atoms with Crippen molar-refractivity contribution in [2.24, 2.45) is 5.92 Å². The summed E-state index contributed by atoms with van der Waals surface area (Å²) < 4.78 is 5.53. The fraction of sp³-hybridized carbons (Fsp3) is 0.429. The maximum atomic E-state index is 5.97. The van der Waals surface area contributed by atoms with E-state index in [-0.39, 0.29) is 0 Å². The standard InChI is InChI=1S/C14H19ClN4O/c1-9(2)7-16-8-13-18-19-14(20-13)17-12-6-11(15)5-4-10(12)3/h4-6,9,16H,7-8H2,1-3H3,(H,17,19). The summed E-state index contributed by atoms with van der Waals surface area (Å²) in [5.41, 5.74) is 1.93. The topological polar surface area (TPSA) is 63.0 Å². The molecule has 0 saturated carbocycles. The first-order chi connectivity index (χ1) is 9.54. The lowest BCUT2D eigenvalue weighted by Crippen LogP contribution is -2.19. The van der Waals surface area contributed by atoms with Gasteiger partial charge in [0.05, 0.1) is 6.54 Å². The van der Waals surface area contributed by atoms with Gasteiger partial charge in [-0.05, 0) is 37.1 Å². The molecule has 0 saturated heterocycles. The van der Waals surface area contributed by atoms with E-state index in [0.717, 1.165) is 17.8 Å². The molecule has 1 heterocycles. The van der Waals surface area contributed by atoms with Crippen LogP contribution < -0.4 is 10.6 Å². The van der Waals surface area contributed by atoms with E-state index in [2.05, 4.69) is 34.7 Å². The number of hydrogen-bond donors (Lipinski definition) is 2. The molecule has 0 amide bonds. The molecule has 0 aliphatic rings. The van der Waals surface area contributed by atoms with Gasteiger partial charge in [0.2, 0.25) is 5.89 Å². The van der Waals surface area contributed by atoms with Gasteiger partial charge in [-0.3, -0.25) is 0 Å². The predicted molar refractivity (Wildman–Crippen MR) is 80.3 cm³/mol. The normalized spacial score (nSPS) is 11.1. The van der Waals surface area contributed by atoms with Crippen molar-refractivity contribution in [3.63, 3.8) is 0 Å². The van der Waals surface area contributed by atoms with Crippen molar-refractivity contribution in [2.45, 2.75) is 27.3 Å². The quantitative estimate of drug-likeness (QED) is 0.853. The minimum atomic E-state index is 0.372. The zero-order valence-electron chi connectivity index (χ0n) is 11.9. The Hall–Kier alpha value is -1.59. The van der Waals surface area contributed by atoms with Gasteiger partial charge in [-0.25, -0.2) is 0 Å². The molecule has 6 heteroatoms. The Morgan fingerprint density at radius 1 is 1.30 bits per heavy atom. The Morgan fingerprint density at radius 2 is 2.10 bits per heavy atom. The molecule has 0 bridgehead atoms. The number of anilines is 2. The van der Waals surface area contributed by atoms with Crippen LogP contribution in [0.15, 0.2) is 22.6 Å². The van der Waals surface area contributed by atoms with Gasteiger partial charge in [0.15, 0.2) is 0 Å². The zero-order valence-corrected chi connectivity index (χ0v) is 12.7. The summed E-state index contributed by atoms with van der Waals surface area (Å²) in [6.45, 7) is 7.77. The van der Waals surface area contributed by atoms with E-state index in [4.69, 9.17) is 16.0 Å². The van der Waals surface area contributed by atoms with Crippen LogP contribution in [0.4, 0.5) is 11.7 Å². The van der Waals surface area contributed by atoms with Crippen LogP contribution in [-0.2, 0) is 6.54 Å². The van der Waals surface area contributed by atoms with Gasteiger partial charge in [0.1, 0.15) is 0 Å². The Balaban J connectivity index is 1.97. The molecule has 1 aromatic carbocycles. The maximum absolute atomic E-state index is 5.97. The molecule has 0 spiro atoms. The molecule has 2 rings (SSSR count). The summed E-state index contributed by atoms with van der Waals surface area (Å²) in [5, 5.41) is 15.0. The number of benzene rings is 1. The SMILES string of the molecule is Cc1ccc(Cl)cc1Nc1nnc(CNCC(C)C)o1. The molecule has 0 radical (unpaired) electrons. The van der Waals surface area contributed by atoms with Gasteiger partial charge in [-0.15, -0.1) is 5.10 Å². The van der Waals surface area contributed by atoms with Gasteiger partial charge < -0.3 is 15.1 Å². The average molecular weight is 295 g/mol. The first kappa shape index (κ1) is 14.8. The third kappa shape index (κ3) is 4.21. The summed E-state index contributed by atoms with van der Waals surface area (Å²) in [7, 11) is 0. The molecular formula is C14H19ClN4O. The van der Waals surface area contributed by atoms with Crippen LogP contribution >= 0.6 is 11.6 Å². The third-order valence-corrected chi connectivity index (χ3v) is 2.97.